The van der Waals surface area contributed by atoms with Crippen molar-refractivity contribution in [1.82, 2.24) is 24.4 Å². The Kier molecular flexibility index (Phi) is 6.87. The topological polar surface area (TPSA) is 136 Å². The van der Waals surface area contributed by atoms with Crippen LogP contribution < -0.4 is 21.6 Å². The molecule has 1 aliphatic rings. The maximum Gasteiger partial charge on any atom is 0.340 e. The van der Waals surface area contributed by atoms with E-state index in [2.05, 4.69) is 10.3 Å². The van der Waals surface area contributed by atoms with Crippen LogP contribution in [0.15, 0.2) is 94.2 Å². The number of hydrogen-bond donors (Lipinski definition) is 1. The van der Waals surface area contributed by atoms with E-state index in [1.165, 1.54) is 22.9 Å². The normalized spacial score (nSPS) is 14.3. The molecule has 11 nitrogen and oxygen atoms in total. The van der Waals surface area contributed by atoms with Gasteiger partial charge in [0, 0.05) is 5.56 Å². The summed E-state index contributed by atoms with van der Waals surface area (Å²) in [6.45, 7) is 2.03. The molecule has 0 spiro atoms. The second-order valence-electron chi connectivity index (χ2n) is 9.60. The molecule has 3 heterocycles. The number of nitrogens with zero attached hydrogens (tertiary/aromatic N) is 5. The van der Waals surface area contributed by atoms with E-state index in [0.717, 1.165) is 10.2 Å². The number of nitrogens with two attached hydrogens (primary N) is 1. The number of aromatic nitrogens is 5. The van der Waals surface area contributed by atoms with Crippen molar-refractivity contribution in [2.45, 2.75) is 26.1 Å². The molecular formula is C30H25FN6O5. The van der Waals surface area contributed by atoms with Crippen LogP contribution in [0.2, 0.25) is 0 Å². The highest BCUT2D eigenvalue weighted by Crippen LogP contribution is 2.38. The SMILES string of the molecule is CCOC(=O)C1=C(N)n2c(=O)c3ccccc3c(=O)n2C1c1ccccc1OCc1cn(Cc2cccc(F)c2)nn1. The molecule has 212 valence electrons. The van der Waals surface area contributed by atoms with Gasteiger partial charge in [-0.1, -0.05) is 47.7 Å². The van der Waals surface area contributed by atoms with E-state index in [0.29, 0.717) is 23.6 Å². The smallest absolute Gasteiger partial charge is 0.340 e. The first kappa shape index (κ1) is 26.7. The molecule has 0 fully saturated rings. The van der Waals surface area contributed by atoms with Gasteiger partial charge in [0.25, 0.3) is 11.1 Å². The summed E-state index contributed by atoms with van der Waals surface area (Å²) >= 11 is 0. The molecule has 3 aromatic carbocycles. The molecule has 5 aromatic rings. The average Bonchev–Trinajstić information content (AvgIpc) is 3.56. The number of ether oxygens (including phenoxy) is 2. The van der Waals surface area contributed by atoms with Gasteiger partial charge in [-0.2, -0.15) is 4.68 Å². The summed E-state index contributed by atoms with van der Waals surface area (Å²) in [5.74, 6) is -0.958. The highest BCUT2D eigenvalue weighted by molar-refractivity contribution is 5.97. The van der Waals surface area contributed by atoms with E-state index in [-0.39, 0.29) is 41.2 Å². The molecule has 2 N–H and O–H groups in total. The van der Waals surface area contributed by atoms with Crippen LogP contribution in [0.4, 0.5) is 4.39 Å². The molecule has 1 aliphatic heterocycles. The third-order valence-corrected chi connectivity index (χ3v) is 6.93. The summed E-state index contributed by atoms with van der Waals surface area (Å²) in [5.41, 5.74) is 6.93. The molecule has 6 rings (SSSR count). The lowest BCUT2D eigenvalue weighted by Crippen LogP contribution is -2.38. The first-order chi connectivity index (χ1) is 20.4. The van der Waals surface area contributed by atoms with E-state index < -0.39 is 23.1 Å². The molecular weight excluding hydrogens is 543 g/mol. The number of halogens is 1. The largest absolute Gasteiger partial charge is 0.487 e. The maximum absolute atomic E-state index is 13.8. The lowest BCUT2D eigenvalue weighted by molar-refractivity contribution is -0.138. The second-order valence-corrected chi connectivity index (χ2v) is 9.60. The van der Waals surface area contributed by atoms with Crippen LogP contribution in [-0.2, 0) is 22.7 Å². The summed E-state index contributed by atoms with van der Waals surface area (Å²) in [6.07, 6.45) is 1.68. The zero-order chi connectivity index (χ0) is 29.4. The van der Waals surface area contributed by atoms with Crippen LogP contribution in [0, 0.1) is 5.82 Å². The number of benzene rings is 3. The third kappa shape index (κ3) is 4.62. The molecule has 0 saturated carbocycles. The highest BCUT2D eigenvalue weighted by Gasteiger charge is 2.40. The van der Waals surface area contributed by atoms with Crippen LogP contribution >= 0.6 is 0 Å². The second kappa shape index (κ2) is 10.8. The monoisotopic (exact) mass is 568 g/mol. The van der Waals surface area contributed by atoms with Gasteiger partial charge >= 0.3 is 5.97 Å². The van der Waals surface area contributed by atoms with Crippen molar-refractivity contribution in [3.05, 3.63) is 128 Å². The molecule has 0 radical (unpaired) electrons. The molecule has 1 atom stereocenters. The molecule has 0 bridgehead atoms. The summed E-state index contributed by atoms with van der Waals surface area (Å²) in [4.78, 5) is 40.5. The van der Waals surface area contributed by atoms with Gasteiger partial charge in [0.1, 0.15) is 41.3 Å². The van der Waals surface area contributed by atoms with Crippen molar-refractivity contribution < 1.29 is 18.7 Å². The summed E-state index contributed by atoms with van der Waals surface area (Å²) in [5, 5.41) is 8.60. The zero-order valence-corrected chi connectivity index (χ0v) is 22.4. The predicted molar refractivity (Wildman–Crippen MR) is 151 cm³/mol. The quantitative estimate of drug-likeness (QED) is 0.282. The summed E-state index contributed by atoms with van der Waals surface area (Å²) in [7, 11) is 0. The van der Waals surface area contributed by atoms with Crippen molar-refractivity contribution in [3.63, 3.8) is 0 Å². The highest BCUT2D eigenvalue weighted by atomic mass is 19.1. The minimum Gasteiger partial charge on any atom is -0.487 e. The van der Waals surface area contributed by atoms with Gasteiger partial charge in [0.2, 0.25) is 0 Å². The first-order valence-electron chi connectivity index (χ1n) is 13.2. The van der Waals surface area contributed by atoms with Crippen LogP contribution in [0.1, 0.15) is 29.8 Å². The van der Waals surface area contributed by atoms with E-state index >= 15 is 0 Å². The van der Waals surface area contributed by atoms with Gasteiger partial charge in [-0.25, -0.2) is 18.5 Å². The van der Waals surface area contributed by atoms with Gasteiger partial charge in [0.05, 0.1) is 30.1 Å². The third-order valence-electron chi connectivity index (χ3n) is 6.93. The molecule has 2 aromatic heterocycles. The van der Waals surface area contributed by atoms with Gasteiger partial charge < -0.3 is 15.2 Å². The summed E-state index contributed by atoms with van der Waals surface area (Å²) in [6, 6.07) is 18.3. The van der Waals surface area contributed by atoms with E-state index in [1.807, 2.05) is 0 Å². The fraction of sp³-hybridized carbons (Fsp3) is 0.167. The maximum atomic E-state index is 13.8. The van der Waals surface area contributed by atoms with Crippen LogP contribution in [0.3, 0.4) is 0 Å². The molecule has 0 amide bonds. The van der Waals surface area contributed by atoms with E-state index in [1.54, 1.807) is 72.4 Å². The Morgan fingerprint density at radius 2 is 1.74 bits per heavy atom. The minimum absolute atomic E-state index is 0.000243. The zero-order valence-electron chi connectivity index (χ0n) is 22.4. The molecule has 0 saturated heterocycles. The van der Waals surface area contributed by atoms with Crippen LogP contribution in [0.25, 0.3) is 16.6 Å². The van der Waals surface area contributed by atoms with Gasteiger partial charge in [-0.15, -0.1) is 5.10 Å². The van der Waals surface area contributed by atoms with Crippen LogP contribution in [0.5, 0.6) is 5.75 Å². The van der Waals surface area contributed by atoms with Gasteiger partial charge in [-0.05, 0) is 42.8 Å². The van der Waals surface area contributed by atoms with Crippen molar-refractivity contribution in [3.8, 4) is 5.75 Å². The number of carbonyl (C=O) groups excluding carboxylic acids is 1. The standard InChI is InChI=1S/C30H25FN6O5/c1-2-41-30(40)25-26(36-28(38)21-10-3-4-11-22(21)29(39)37(36)27(25)32)23-12-5-6-13-24(23)42-17-20-16-35(34-33-20)15-18-8-7-9-19(31)14-18/h3-14,16,26H,2,15,17,32H2,1H3. The van der Waals surface area contributed by atoms with E-state index in [4.69, 9.17) is 15.2 Å². The Hall–Kier alpha value is -5.52. The lowest BCUT2D eigenvalue weighted by atomic mass is 9.98. The molecule has 12 heteroatoms. The Labute approximate surface area is 237 Å². The lowest BCUT2D eigenvalue weighted by Gasteiger charge is -2.20. The molecule has 42 heavy (non-hydrogen) atoms. The van der Waals surface area contributed by atoms with E-state index in [9.17, 15) is 18.8 Å². The fourth-order valence-electron chi connectivity index (χ4n) is 5.12. The predicted octanol–water partition coefficient (Wildman–Crippen LogP) is 2.81. The van der Waals surface area contributed by atoms with Gasteiger partial charge in [-0.3, -0.25) is 9.59 Å². The number of esters is 1. The Morgan fingerprint density at radius 1 is 1.00 bits per heavy atom. The first-order valence-corrected chi connectivity index (χ1v) is 13.2. The molecule has 0 aliphatic carbocycles. The molecule has 1 unspecified atom stereocenters. The Balaban J connectivity index is 1.38. The van der Waals surface area contributed by atoms with Crippen LogP contribution in [-0.4, -0.2) is 36.9 Å². The van der Waals surface area contributed by atoms with Crippen molar-refractivity contribution in [1.29, 1.82) is 0 Å². The summed E-state index contributed by atoms with van der Waals surface area (Å²) < 4.78 is 28.7. The Morgan fingerprint density at radius 3 is 2.50 bits per heavy atom. The number of rotatable bonds is 8. The van der Waals surface area contributed by atoms with Crippen molar-refractivity contribution >= 4 is 22.6 Å². The van der Waals surface area contributed by atoms with Gasteiger partial charge in [0.15, 0.2) is 0 Å². The number of carbonyl (C=O) groups is 1. The number of para-hydroxylation sites is 1. The van der Waals surface area contributed by atoms with Crippen molar-refractivity contribution in [2.24, 2.45) is 5.73 Å². The minimum atomic E-state index is -1.10. The number of fused-ring (bicyclic) bond motifs is 2. The fourth-order valence-corrected chi connectivity index (χ4v) is 5.12. The average molecular weight is 569 g/mol. The number of hydrogen-bond acceptors (Lipinski definition) is 8. The Bertz CT molecular complexity index is 1990. The van der Waals surface area contributed by atoms with Crippen molar-refractivity contribution in [2.75, 3.05) is 6.61 Å².